The molecule has 0 fully saturated rings. The summed E-state index contributed by atoms with van der Waals surface area (Å²) in [4.78, 5) is 0. The highest BCUT2D eigenvalue weighted by molar-refractivity contribution is 5.94. The van der Waals surface area contributed by atoms with Crippen LogP contribution in [0.15, 0.2) is 84.3 Å². The molecule has 0 radical (unpaired) electrons. The molecule has 0 spiro atoms. The third-order valence-corrected chi connectivity index (χ3v) is 7.06. The number of aryl methyl sites for hydroxylation is 2. The predicted molar refractivity (Wildman–Crippen MR) is 152 cm³/mol. The van der Waals surface area contributed by atoms with E-state index in [1.54, 1.807) is 12.1 Å². The first-order valence-corrected chi connectivity index (χ1v) is 12.8. The van der Waals surface area contributed by atoms with Crippen molar-refractivity contribution >= 4 is 33.7 Å². The molecule has 0 bridgehead atoms. The van der Waals surface area contributed by atoms with Crippen LogP contribution in [0.1, 0.15) is 36.1 Å². The molecule has 4 aromatic rings. The summed E-state index contributed by atoms with van der Waals surface area (Å²) in [6.07, 6.45) is -3.44. The maximum Gasteiger partial charge on any atom is 0.139 e. The Kier molecular flexibility index (Phi) is 8.49. The van der Waals surface area contributed by atoms with Crippen molar-refractivity contribution < 1.29 is 30.6 Å². The van der Waals surface area contributed by atoms with Crippen LogP contribution in [0.2, 0.25) is 0 Å². The molecule has 38 heavy (non-hydrogen) atoms. The van der Waals surface area contributed by atoms with Crippen LogP contribution in [0.5, 0.6) is 0 Å². The summed E-state index contributed by atoms with van der Waals surface area (Å²) in [7, 11) is 0. The van der Waals surface area contributed by atoms with E-state index in [2.05, 4.69) is 0 Å². The van der Waals surface area contributed by atoms with Gasteiger partial charge in [0.15, 0.2) is 0 Å². The van der Waals surface area contributed by atoms with E-state index in [1.165, 1.54) is 12.2 Å². The van der Waals surface area contributed by atoms with Crippen molar-refractivity contribution in [2.45, 2.75) is 51.1 Å². The van der Waals surface area contributed by atoms with E-state index >= 15 is 0 Å². The lowest BCUT2D eigenvalue weighted by Gasteiger charge is -2.26. The van der Waals surface area contributed by atoms with Gasteiger partial charge < -0.3 is 30.6 Å². The maximum absolute atomic E-state index is 10.6. The summed E-state index contributed by atoms with van der Waals surface area (Å²) in [5, 5.41) is 67.2. The largest absolute Gasteiger partial charge is 0.509 e. The van der Waals surface area contributed by atoms with E-state index in [0.717, 1.165) is 45.5 Å². The molecule has 0 aliphatic rings. The summed E-state index contributed by atoms with van der Waals surface area (Å²) < 4.78 is 0. The molecule has 6 N–H and O–H groups in total. The van der Waals surface area contributed by atoms with Gasteiger partial charge in [-0.3, -0.25) is 0 Å². The molecule has 0 saturated heterocycles. The second-order valence-corrected chi connectivity index (χ2v) is 9.44. The Hall–Kier alpha value is -3.68. The highest BCUT2D eigenvalue weighted by Gasteiger charge is 2.34. The van der Waals surface area contributed by atoms with Crippen molar-refractivity contribution in [3.8, 4) is 0 Å². The van der Waals surface area contributed by atoms with E-state index in [9.17, 15) is 30.6 Å². The summed E-state index contributed by atoms with van der Waals surface area (Å²) in [6, 6.07) is 22.8. The first-order chi connectivity index (χ1) is 18.3. The van der Waals surface area contributed by atoms with E-state index in [1.807, 2.05) is 74.5 Å². The molecule has 4 rings (SSSR count). The molecule has 0 heterocycles. The minimum atomic E-state index is -1.97. The lowest BCUT2D eigenvalue weighted by atomic mass is 9.95. The average Bonchev–Trinajstić information content (AvgIpc) is 2.95. The summed E-state index contributed by atoms with van der Waals surface area (Å²) in [6.45, 7) is 4.10. The third-order valence-electron chi connectivity index (χ3n) is 7.06. The van der Waals surface area contributed by atoms with Crippen molar-refractivity contribution in [1.29, 1.82) is 0 Å². The van der Waals surface area contributed by atoms with Crippen LogP contribution in [-0.4, -0.2) is 55.1 Å². The van der Waals surface area contributed by atoms with Crippen LogP contribution in [0.25, 0.3) is 33.7 Å². The van der Waals surface area contributed by atoms with E-state index < -0.39 is 35.9 Å². The van der Waals surface area contributed by atoms with Crippen LogP contribution < -0.4 is 0 Å². The molecule has 0 aliphatic carbocycles. The van der Waals surface area contributed by atoms with Crippen molar-refractivity contribution in [2.24, 2.45) is 0 Å². The van der Waals surface area contributed by atoms with Crippen LogP contribution in [0.4, 0.5) is 0 Å². The minimum absolute atomic E-state index is 0.581. The highest BCUT2D eigenvalue weighted by Crippen LogP contribution is 2.27. The second kappa shape index (κ2) is 11.8. The summed E-state index contributed by atoms with van der Waals surface area (Å²) in [5.74, 6) is -1.16. The molecule has 0 aliphatic heterocycles. The summed E-state index contributed by atoms with van der Waals surface area (Å²) in [5.41, 5.74) is 3.52. The first kappa shape index (κ1) is 27.4. The summed E-state index contributed by atoms with van der Waals surface area (Å²) >= 11 is 0. The number of benzene rings is 4. The van der Waals surface area contributed by atoms with E-state index in [4.69, 9.17) is 0 Å². The number of hydrogen-bond acceptors (Lipinski definition) is 6. The fourth-order valence-corrected chi connectivity index (χ4v) is 4.88. The topological polar surface area (TPSA) is 121 Å². The number of fused-ring (bicyclic) bond motifs is 2. The Bertz CT molecular complexity index is 1380. The van der Waals surface area contributed by atoms with Gasteiger partial charge in [0.05, 0.1) is 0 Å². The number of aliphatic hydroxyl groups excluding tert-OH is 6. The van der Waals surface area contributed by atoms with Gasteiger partial charge in [-0.05, 0) is 68.8 Å². The van der Waals surface area contributed by atoms with Gasteiger partial charge in [0, 0.05) is 0 Å². The Labute approximate surface area is 222 Å². The molecule has 0 aromatic heterocycles. The molecule has 4 atom stereocenters. The molecule has 6 heteroatoms. The molecule has 0 unspecified atom stereocenters. The van der Waals surface area contributed by atoms with Gasteiger partial charge in [-0.1, -0.05) is 86.6 Å². The van der Waals surface area contributed by atoms with Crippen LogP contribution in [-0.2, 0) is 12.8 Å². The Balaban J connectivity index is 1.56. The molecule has 198 valence electrons. The number of rotatable bonds is 9. The smallest absolute Gasteiger partial charge is 0.139 e. The highest BCUT2D eigenvalue weighted by atomic mass is 16.4. The number of hydrogen-bond donors (Lipinski definition) is 6. The SMILES string of the molecule is CCc1cccc2c(C=C(O)[C@@H](O)[C@@H](O)[C@H](O)[C@H](O)C(O)=Cc3cccc4c(CC)cccc34)cccc12. The fourth-order valence-electron chi connectivity index (χ4n) is 4.88. The standard InChI is InChI=1S/C32H34O6/c1-3-19-9-5-15-25-21(11-7-13-23(19)25)17-27(33)29(35)31(37)32(38)30(36)28(34)18-22-12-8-14-24-20(4-2)10-6-16-26(22)24/h5-18,29-38H,3-4H2,1-2H3/t29-,30-,31-,32-/m1/s1. The van der Waals surface area contributed by atoms with E-state index in [-0.39, 0.29) is 0 Å². The van der Waals surface area contributed by atoms with Gasteiger partial charge in [-0.2, -0.15) is 0 Å². The normalized spacial score (nSPS) is 15.9. The van der Waals surface area contributed by atoms with Gasteiger partial charge in [0.2, 0.25) is 0 Å². The predicted octanol–water partition coefficient (Wildman–Crippen LogP) is 5.06. The lowest BCUT2D eigenvalue weighted by molar-refractivity contribution is -0.0996. The average molecular weight is 515 g/mol. The van der Waals surface area contributed by atoms with Gasteiger partial charge in [0.1, 0.15) is 35.9 Å². The van der Waals surface area contributed by atoms with Gasteiger partial charge in [-0.25, -0.2) is 0 Å². The number of aliphatic hydroxyl groups is 6. The molecular weight excluding hydrogens is 480 g/mol. The zero-order valence-corrected chi connectivity index (χ0v) is 21.5. The van der Waals surface area contributed by atoms with Crippen LogP contribution >= 0.6 is 0 Å². The second-order valence-electron chi connectivity index (χ2n) is 9.44. The minimum Gasteiger partial charge on any atom is -0.509 e. The van der Waals surface area contributed by atoms with Crippen LogP contribution in [0, 0.1) is 0 Å². The van der Waals surface area contributed by atoms with Gasteiger partial charge in [-0.15, -0.1) is 0 Å². The lowest BCUT2D eigenvalue weighted by Crippen LogP contribution is -2.45. The van der Waals surface area contributed by atoms with E-state index in [0.29, 0.717) is 11.1 Å². The van der Waals surface area contributed by atoms with Gasteiger partial charge in [0.25, 0.3) is 0 Å². The molecule has 6 nitrogen and oxygen atoms in total. The Morgan fingerprint density at radius 1 is 0.553 bits per heavy atom. The van der Waals surface area contributed by atoms with Crippen molar-refractivity contribution in [3.05, 3.63) is 107 Å². The molecular formula is C32H34O6. The first-order valence-electron chi connectivity index (χ1n) is 12.8. The quantitative estimate of drug-likeness (QED) is 0.174. The zero-order chi connectivity index (χ0) is 27.4. The fraction of sp³-hybridized carbons (Fsp3) is 0.250. The van der Waals surface area contributed by atoms with Crippen molar-refractivity contribution in [2.75, 3.05) is 0 Å². The monoisotopic (exact) mass is 514 g/mol. The zero-order valence-electron chi connectivity index (χ0n) is 21.5. The molecule has 4 aromatic carbocycles. The molecule has 0 saturated carbocycles. The van der Waals surface area contributed by atoms with Gasteiger partial charge >= 0.3 is 0 Å². The molecule has 0 amide bonds. The Morgan fingerprint density at radius 3 is 1.26 bits per heavy atom. The Morgan fingerprint density at radius 2 is 0.895 bits per heavy atom. The van der Waals surface area contributed by atoms with Crippen molar-refractivity contribution in [1.82, 2.24) is 0 Å². The van der Waals surface area contributed by atoms with Crippen LogP contribution in [0.3, 0.4) is 0 Å². The maximum atomic E-state index is 10.6. The van der Waals surface area contributed by atoms with Crippen molar-refractivity contribution in [3.63, 3.8) is 0 Å². The third kappa shape index (κ3) is 5.44.